The quantitative estimate of drug-likeness (QED) is 0.821. The Balaban J connectivity index is 1.90. The molecule has 1 aliphatic rings. The zero-order chi connectivity index (χ0) is 19.6. The number of carbonyl (C=O) groups is 1. The summed E-state index contributed by atoms with van der Waals surface area (Å²) in [4.78, 5) is 21.2. The summed E-state index contributed by atoms with van der Waals surface area (Å²) in [5.41, 5.74) is 1.34. The van der Waals surface area contributed by atoms with Crippen molar-refractivity contribution < 1.29 is 14.6 Å². The third kappa shape index (κ3) is 3.81. The van der Waals surface area contributed by atoms with Gasteiger partial charge < -0.3 is 19.6 Å². The van der Waals surface area contributed by atoms with E-state index in [4.69, 9.17) is 4.74 Å². The standard InChI is InChI=1S/C19H27N5O3/c1-5-23(15-11-27-12-16(15)25)18(26)14-9-7-8-13(10-14)17-20-19(22(3)4)24(6-2)21-17/h7-10,15-16,25H,5-6,11-12H2,1-4H3/t15-,16-/m0/s1. The zero-order valence-corrected chi connectivity index (χ0v) is 16.3. The summed E-state index contributed by atoms with van der Waals surface area (Å²) in [7, 11) is 3.85. The fourth-order valence-electron chi connectivity index (χ4n) is 3.31. The Morgan fingerprint density at radius 3 is 2.67 bits per heavy atom. The van der Waals surface area contributed by atoms with Crippen LogP contribution in [0.2, 0.25) is 0 Å². The Morgan fingerprint density at radius 1 is 1.33 bits per heavy atom. The molecule has 0 bridgehead atoms. The molecule has 0 radical (unpaired) electrons. The monoisotopic (exact) mass is 373 g/mol. The zero-order valence-electron chi connectivity index (χ0n) is 16.3. The number of hydrogen-bond acceptors (Lipinski definition) is 6. The van der Waals surface area contributed by atoms with Crippen molar-refractivity contribution in [2.75, 3.05) is 38.8 Å². The number of amides is 1. The Morgan fingerprint density at radius 2 is 2.11 bits per heavy atom. The molecular weight excluding hydrogens is 346 g/mol. The smallest absolute Gasteiger partial charge is 0.254 e. The molecule has 2 aromatic rings. The topological polar surface area (TPSA) is 83.7 Å². The molecule has 1 N–H and O–H groups in total. The first-order valence-electron chi connectivity index (χ1n) is 9.25. The van der Waals surface area contributed by atoms with Crippen LogP contribution in [-0.4, -0.2) is 76.7 Å². The molecule has 8 nitrogen and oxygen atoms in total. The summed E-state index contributed by atoms with van der Waals surface area (Å²) in [5, 5.41) is 14.6. The van der Waals surface area contributed by atoms with Gasteiger partial charge in [-0.2, -0.15) is 4.98 Å². The molecule has 0 aliphatic carbocycles. The molecule has 146 valence electrons. The largest absolute Gasteiger partial charge is 0.388 e. The third-order valence-corrected chi connectivity index (χ3v) is 4.74. The highest BCUT2D eigenvalue weighted by atomic mass is 16.5. The lowest BCUT2D eigenvalue weighted by molar-refractivity contribution is 0.0520. The molecule has 1 fully saturated rings. The van der Waals surface area contributed by atoms with Crippen LogP contribution in [0.1, 0.15) is 24.2 Å². The molecular formula is C19H27N5O3. The van der Waals surface area contributed by atoms with Crippen molar-refractivity contribution in [3.63, 3.8) is 0 Å². The summed E-state index contributed by atoms with van der Waals surface area (Å²) in [6.07, 6.45) is -0.651. The van der Waals surface area contributed by atoms with Crippen molar-refractivity contribution in [1.29, 1.82) is 0 Å². The van der Waals surface area contributed by atoms with Crippen LogP contribution in [0, 0.1) is 0 Å². The van der Waals surface area contributed by atoms with Crippen molar-refractivity contribution in [3.05, 3.63) is 29.8 Å². The summed E-state index contributed by atoms with van der Waals surface area (Å²) < 4.78 is 7.14. The second-order valence-electron chi connectivity index (χ2n) is 6.79. The van der Waals surface area contributed by atoms with E-state index in [0.29, 0.717) is 31.1 Å². The van der Waals surface area contributed by atoms with Gasteiger partial charge in [-0.05, 0) is 26.0 Å². The highest BCUT2D eigenvalue weighted by molar-refractivity contribution is 5.95. The first kappa shape index (κ1) is 19.3. The molecule has 1 saturated heterocycles. The van der Waals surface area contributed by atoms with E-state index in [1.54, 1.807) is 11.0 Å². The fraction of sp³-hybridized carbons (Fsp3) is 0.526. The Kier molecular flexibility index (Phi) is 5.76. The van der Waals surface area contributed by atoms with Gasteiger partial charge >= 0.3 is 0 Å². The molecule has 0 spiro atoms. The Hall–Kier alpha value is -2.45. The molecule has 1 aromatic heterocycles. The minimum Gasteiger partial charge on any atom is -0.388 e. The van der Waals surface area contributed by atoms with E-state index in [1.807, 2.05) is 55.7 Å². The van der Waals surface area contributed by atoms with E-state index >= 15 is 0 Å². The van der Waals surface area contributed by atoms with Gasteiger partial charge in [0.2, 0.25) is 5.95 Å². The summed E-state index contributed by atoms with van der Waals surface area (Å²) >= 11 is 0. The summed E-state index contributed by atoms with van der Waals surface area (Å²) in [5.74, 6) is 1.23. The number of aromatic nitrogens is 3. The van der Waals surface area contributed by atoms with Crippen molar-refractivity contribution in [2.45, 2.75) is 32.5 Å². The molecule has 8 heteroatoms. The average Bonchev–Trinajstić information content (AvgIpc) is 3.29. The molecule has 3 rings (SSSR count). The maximum absolute atomic E-state index is 13.0. The third-order valence-electron chi connectivity index (χ3n) is 4.74. The highest BCUT2D eigenvalue weighted by Gasteiger charge is 2.34. The van der Waals surface area contributed by atoms with Gasteiger partial charge in [0.15, 0.2) is 5.82 Å². The average molecular weight is 373 g/mol. The molecule has 0 unspecified atom stereocenters. The van der Waals surface area contributed by atoms with E-state index in [9.17, 15) is 9.90 Å². The van der Waals surface area contributed by atoms with Gasteiger partial charge in [-0.3, -0.25) is 4.79 Å². The molecule has 1 amide bonds. The lowest BCUT2D eigenvalue weighted by Gasteiger charge is -2.29. The number of nitrogens with zero attached hydrogens (tertiary/aromatic N) is 5. The number of rotatable bonds is 6. The highest BCUT2D eigenvalue weighted by Crippen LogP contribution is 2.22. The van der Waals surface area contributed by atoms with Gasteiger partial charge in [-0.25, -0.2) is 4.68 Å². The minimum absolute atomic E-state index is 0.128. The van der Waals surface area contributed by atoms with Crippen LogP contribution in [0.5, 0.6) is 0 Å². The first-order chi connectivity index (χ1) is 13.0. The van der Waals surface area contributed by atoms with Gasteiger partial charge in [0.05, 0.1) is 25.4 Å². The lowest BCUT2D eigenvalue weighted by Crippen LogP contribution is -2.46. The number of aliphatic hydroxyl groups excluding tert-OH is 1. The predicted molar refractivity (Wildman–Crippen MR) is 103 cm³/mol. The van der Waals surface area contributed by atoms with Gasteiger partial charge in [-0.1, -0.05) is 12.1 Å². The van der Waals surface area contributed by atoms with Crippen LogP contribution in [-0.2, 0) is 11.3 Å². The van der Waals surface area contributed by atoms with Crippen LogP contribution in [0.4, 0.5) is 5.95 Å². The van der Waals surface area contributed by atoms with Crippen LogP contribution < -0.4 is 4.90 Å². The summed E-state index contributed by atoms with van der Waals surface area (Å²) in [6.45, 7) is 5.75. The number of likely N-dealkylation sites (N-methyl/N-ethyl adjacent to an activating group) is 1. The molecule has 27 heavy (non-hydrogen) atoms. The van der Waals surface area contributed by atoms with Crippen molar-refractivity contribution in [2.24, 2.45) is 0 Å². The molecule has 2 heterocycles. The van der Waals surface area contributed by atoms with E-state index in [0.717, 1.165) is 11.5 Å². The van der Waals surface area contributed by atoms with Gasteiger partial charge in [0, 0.05) is 38.3 Å². The number of hydrogen-bond donors (Lipinski definition) is 1. The number of aliphatic hydroxyl groups is 1. The van der Waals surface area contributed by atoms with E-state index < -0.39 is 6.10 Å². The number of anilines is 1. The number of carbonyl (C=O) groups excluding carboxylic acids is 1. The van der Waals surface area contributed by atoms with Crippen molar-refractivity contribution >= 4 is 11.9 Å². The van der Waals surface area contributed by atoms with Crippen LogP contribution in [0.15, 0.2) is 24.3 Å². The molecule has 0 saturated carbocycles. The fourth-order valence-corrected chi connectivity index (χ4v) is 3.31. The first-order valence-corrected chi connectivity index (χ1v) is 9.25. The van der Waals surface area contributed by atoms with Gasteiger partial charge in [0.25, 0.3) is 5.91 Å². The lowest BCUT2D eigenvalue weighted by atomic mass is 10.1. The van der Waals surface area contributed by atoms with Gasteiger partial charge in [0.1, 0.15) is 0 Å². The predicted octanol–water partition coefficient (Wildman–Crippen LogP) is 1.25. The Bertz CT molecular complexity index is 804. The molecule has 1 aliphatic heterocycles. The number of benzene rings is 1. The van der Waals surface area contributed by atoms with E-state index in [1.165, 1.54) is 0 Å². The van der Waals surface area contributed by atoms with Crippen LogP contribution in [0.3, 0.4) is 0 Å². The maximum atomic E-state index is 13.0. The second-order valence-corrected chi connectivity index (χ2v) is 6.79. The van der Waals surface area contributed by atoms with E-state index in [-0.39, 0.29) is 18.6 Å². The maximum Gasteiger partial charge on any atom is 0.254 e. The van der Waals surface area contributed by atoms with Gasteiger partial charge in [-0.15, -0.1) is 5.10 Å². The van der Waals surface area contributed by atoms with Crippen molar-refractivity contribution in [3.8, 4) is 11.4 Å². The minimum atomic E-state index is -0.651. The molecule has 1 aromatic carbocycles. The second kappa shape index (κ2) is 8.06. The van der Waals surface area contributed by atoms with Crippen LogP contribution >= 0.6 is 0 Å². The number of aryl methyl sites for hydroxylation is 1. The Labute approximate surface area is 159 Å². The summed E-state index contributed by atoms with van der Waals surface area (Å²) in [6, 6.07) is 7.00. The SMILES string of the molecule is CCN(C(=O)c1cccc(-c2nc(N(C)C)n(CC)n2)c1)[C@H]1COC[C@@H]1O. The molecule has 2 atom stereocenters. The number of ether oxygens (including phenoxy) is 1. The van der Waals surface area contributed by atoms with Crippen LogP contribution in [0.25, 0.3) is 11.4 Å². The van der Waals surface area contributed by atoms with Crippen molar-refractivity contribution in [1.82, 2.24) is 19.7 Å². The van der Waals surface area contributed by atoms with E-state index in [2.05, 4.69) is 10.1 Å². The normalized spacial score (nSPS) is 19.3.